The van der Waals surface area contributed by atoms with E-state index in [0.29, 0.717) is 17.3 Å². The summed E-state index contributed by atoms with van der Waals surface area (Å²) in [5.41, 5.74) is 4.24. The summed E-state index contributed by atoms with van der Waals surface area (Å²) in [5.74, 6) is -4.04. The van der Waals surface area contributed by atoms with Crippen LogP contribution in [0.3, 0.4) is 0 Å². The number of hydrogen-bond donors (Lipinski definition) is 5. The van der Waals surface area contributed by atoms with Gasteiger partial charge in [0.1, 0.15) is 11.9 Å². The third-order valence-corrected chi connectivity index (χ3v) is 7.09. The van der Waals surface area contributed by atoms with Crippen LogP contribution >= 0.6 is 23.5 Å². The molecule has 0 bridgehead atoms. The maximum Gasteiger partial charge on any atom is 0.329 e. The van der Waals surface area contributed by atoms with Crippen LogP contribution in [0.15, 0.2) is 11.5 Å². The Morgan fingerprint density at radius 1 is 1.48 bits per heavy atom. The van der Waals surface area contributed by atoms with Gasteiger partial charge in [-0.15, -0.1) is 10.2 Å². The summed E-state index contributed by atoms with van der Waals surface area (Å²) < 4.78 is 0. The minimum Gasteiger partial charge on any atom is -0.481 e. The fraction of sp³-hybridized carbons (Fsp3) is 0.667. The number of aliphatic carboxylic acids is 2. The number of carbonyl (C=O) groups is 3. The zero-order valence-electron chi connectivity index (χ0n) is 14.5. The average Bonchev–Trinajstić information content (AvgIpc) is 3.02. The summed E-state index contributed by atoms with van der Waals surface area (Å²) in [6, 6.07) is -0.838. The molecular formula is C15H21N5O5S2. The summed E-state index contributed by atoms with van der Waals surface area (Å²) >= 11 is 2.79. The molecule has 1 amide bonds. The number of carbonyl (C=O) groups excluding carboxylic acids is 1. The fourth-order valence-corrected chi connectivity index (χ4v) is 5.79. The van der Waals surface area contributed by atoms with E-state index in [4.69, 9.17) is 5.73 Å². The van der Waals surface area contributed by atoms with E-state index in [9.17, 15) is 24.6 Å². The minimum atomic E-state index is -1.64. The number of carboxylic acids is 2. The standard InChI is InChI=1S/C15H21N5O5S2/c1-26-3-2-6(16)11(21)19-15(13(24)25)4-7(27-14-17-5-18-20-14)8-9(10(8)15)12(22)23/h5-10H,2-4,16H2,1H3,(H,19,21)(H,22,23)(H,24,25)(H,17,18,20)/t6-,7+,8-,9-,10-,15-/m0/s1. The van der Waals surface area contributed by atoms with Gasteiger partial charge in [-0.2, -0.15) is 11.8 Å². The molecule has 0 saturated heterocycles. The highest BCUT2D eigenvalue weighted by molar-refractivity contribution is 7.99. The van der Waals surface area contributed by atoms with Crippen LogP contribution in [0.2, 0.25) is 0 Å². The highest BCUT2D eigenvalue weighted by atomic mass is 32.2. The molecule has 3 rings (SSSR count). The third kappa shape index (κ3) is 3.65. The molecule has 6 atom stereocenters. The Bertz CT molecular complexity index is 732. The lowest BCUT2D eigenvalue weighted by molar-refractivity contribution is -0.150. The van der Waals surface area contributed by atoms with E-state index in [2.05, 4.69) is 20.5 Å². The SMILES string of the molecule is CSCC[C@H](N)C(=O)N[C@@]1(C(=O)O)C[C@@H](Sc2nnc[nH]2)[C@H]2[C@H](C(=O)O)[C@H]21. The first-order chi connectivity index (χ1) is 12.8. The van der Waals surface area contributed by atoms with E-state index < -0.39 is 41.3 Å². The molecule has 0 unspecified atom stereocenters. The van der Waals surface area contributed by atoms with E-state index in [1.54, 1.807) is 0 Å². The molecule has 2 aliphatic carbocycles. The third-order valence-electron chi connectivity index (χ3n) is 5.24. The predicted molar refractivity (Wildman–Crippen MR) is 98.2 cm³/mol. The van der Waals surface area contributed by atoms with Gasteiger partial charge in [0.25, 0.3) is 0 Å². The van der Waals surface area contributed by atoms with Crippen molar-refractivity contribution in [2.24, 2.45) is 23.5 Å². The molecule has 0 spiro atoms. The quantitative estimate of drug-likeness (QED) is 0.358. The van der Waals surface area contributed by atoms with Gasteiger partial charge in [-0.05, 0) is 30.8 Å². The van der Waals surface area contributed by atoms with Gasteiger partial charge in [0.2, 0.25) is 5.91 Å². The Balaban J connectivity index is 1.82. The van der Waals surface area contributed by atoms with Gasteiger partial charge >= 0.3 is 11.9 Å². The molecule has 2 aliphatic rings. The zero-order chi connectivity index (χ0) is 19.8. The Morgan fingerprint density at radius 2 is 2.22 bits per heavy atom. The molecule has 12 heteroatoms. The zero-order valence-corrected chi connectivity index (χ0v) is 16.1. The number of nitrogens with one attached hydrogen (secondary N) is 2. The lowest BCUT2D eigenvalue weighted by atomic mass is 9.89. The van der Waals surface area contributed by atoms with Crippen molar-refractivity contribution in [2.45, 2.75) is 34.8 Å². The van der Waals surface area contributed by atoms with Crippen molar-refractivity contribution in [1.29, 1.82) is 0 Å². The largest absolute Gasteiger partial charge is 0.481 e. The molecule has 1 heterocycles. The van der Waals surface area contributed by atoms with Crippen LogP contribution in [0.25, 0.3) is 0 Å². The Labute approximate surface area is 163 Å². The summed E-state index contributed by atoms with van der Waals surface area (Å²) in [5, 5.41) is 29.7. The number of thioether (sulfide) groups is 2. The number of hydrogen-bond acceptors (Lipinski definition) is 8. The van der Waals surface area contributed by atoms with Gasteiger partial charge in [0.05, 0.1) is 12.0 Å². The number of fused-ring (bicyclic) bond motifs is 1. The molecule has 1 aromatic heterocycles. The van der Waals surface area contributed by atoms with Crippen molar-refractivity contribution in [3.63, 3.8) is 0 Å². The number of nitrogens with zero attached hydrogens (tertiary/aromatic N) is 2. The number of rotatable bonds is 9. The second kappa shape index (κ2) is 7.68. The van der Waals surface area contributed by atoms with Crippen LogP contribution in [-0.4, -0.2) is 72.1 Å². The predicted octanol–water partition coefficient (Wildman–Crippen LogP) is -0.364. The first kappa shape index (κ1) is 20.0. The van der Waals surface area contributed by atoms with Crippen molar-refractivity contribution >= 4 is 41.4 Å². The molecule has 10 nitrogen and oxygen atoms in total. The average molecular weight is 415 g/mol. The number of amides is 1. The van der Waals surface area contributed by atoms with Gasteiger partial charge in [0, 0.05) is 11.2 Å². The highest BCUT2D eigenvalue weighted by Crippen LogP contribution is 2.65. The first-order valence-electron chi connectivity index (χ1n) is 8.37. The lowest BCUT2D eigenvalue weighted by Crippen LogP contribution is -2.59. The van der Waals surface area contributed by atoms with Crippen molar-refractivity contribution in [3.05, 3.63) is 6.33 Å². The van der Waals surface area contributed by atoms with E-state index in [-0.39, 0.29) is 17.6 Å². The van der Waals surface area contributed by atoms with E-state index in [1.165, 1.54) is 29.9 Å². The lowest BCUT2D eigenvalue weighted by Gasteiger charge is -2.31. The molecule has 2 saturated carbocycles. The Hall–Kier alpha value is -1.79. The van der Waals surface area contributed by atoms with E-state index in [1.807, 2.05) is 6.26 Å². The van der Waals surface area contributed by atoms with Crippen LogP contribution in [-0.2, 0) is 14.4 Å². The molecule has 0 aliphatic heterocycles. The van der Waals surface area contributed by atoms with Gasteiger partial charge in [-0.1, -0.05) is 11.8 Å². The van der Waals surface area contributed by atoms with Gasteiger partial charge in [-0.25, -0.2) is 4.79 Å². The molecule has 0 aromatic carbocycles. The van der Waals surface area contributed by atoms with Crippen molar-refractivity contribution in [2.75, 3.05) is 12.0 Å². The summed E-state index contributed by atoms with van der Waals surface area (Å²) in [7, 11) is 0. The summed E-state index contributed by atoms with van der Waals surface area (Å²) in [6.07, 6.45) is 3.80. The van der Waals surface area contributed by atoms with Crippen LogP contribution in [0, 0.1) is 17.8 Å². The number of nitrogens with two attached hydrogens (primary N) is 1. The van der Waals surface area contributed by atoms with Crippen molar-refractivity contribution in [1.82, 2.24) is 20.5 Å². The maximum atomic E-state index is 12.5. The van der Waals surface area contributed by atoms with Crippen LogP contribution < -0.4 is 11.1 Å². The Kier molecular flexibility index (Phi) is 5.68. The molecule has 2 fully saturated rings. The minimum absolute atomic E-state index is 0.105. The second-order valence-electron chi connectivity index (χ2n) is 6.78. The van der Waals surface area contributed by atoms with Gasteiger partial charge in [0.15, 0.2) is 5.16 Å². The van der Waals surface area contributed by atoms with Gasteiger partial charge < -0.3 is 26.2 Å². The normalized spacial score (nSPS) is 32.5. The highest BCUT2D eigenvalue weighted by Gasteiger charge is 2.75. The molecule has 148 valence electrons. The molecule has 6 N–H and O–H groups in total. The van der Waals surface area contributed by atoms with Crippen molar-refractivity contribution < 1.29 is 24.6 Å². The summed E-state index contributed by atoms with van der Waals surface area (Å²) in [6.45, 7) is 0. The number of aromatic nitrogens is 3. The van der Waals surface area contributed by atoms with Crippen LogP contribution in [0.5, 0.6) is 0 Å². The van der Waals surface area contributed by atoms with Gasteiger partial charge in [-0.3, -0.25) is 9.59 Å². The van der Waals surface area contributed by atoms with Crippen molar-refractivity contribution in [3.8, 4) is 0 Å². The molecule has 1 aromatic rings. The topological polar surface area (TPSA) is 171 Å². The van der Waals surface area contributed by atoms with E-state index in [0.717, 1.165) is 0 Å². The smallest absolute Gasteiger partial charge is 0.329 e. The molecule has 27 heavy (non-hydrogen) atoms. The van der Waals surface area contributed by atoms with E-state index >= 15 is 0 Å². The second-order valence-corrected chi connectivity index (χ2v) is 8.99. The summed E-state index contributed by atoms with van der Waals surface area (Å²) in [4.78, 5) is 39.1. The van der Waals surface area contributed by atoms with Crippen LogP contribution in [0.4, 0.5) is 0 Å². The number of H-pyrrole nitrogens is 1. The van der Waals surface area contributed by atoms with Crippen LogP contribution in [0.1, 0.15) is 12.8 Å². The Morgan fingerprint density at radius 3 is 2.78 bits per heavy atom. The molecule has 0 radical (unpaired) electrons. The fourth-order valence-electron chi connectivity index (χ4n) is 3.96. The number of carboxylic acid groups (broad SMARTS) is 2. The number of aromatic amines is 1. The monoisotopic (exact) mass is 415 g/mol. The maximum absolute atomic E-state index is 12.5. The molecular weight excluding hydrogens is 394 g/mol. The first-order valence-corrected chi connectivity index (χ1v) is 10.6.